The summed E-state index contributed by atoms with van der Waals surface area (Å²) in [5.41, 5.74) is 0.791. The number of anilines is 1. The van der Waals surface area contributed by atoms with Crippen LogP contribution in [-0.2, 0) is 4.79 Å². The molecule has 0 aliphatic carbocycles. The number of rotatable bonds is 8. The van der Waals surface area contributed by atoms with E-state index in [-0.39, 0.29) is 5.91 Å². The van der Waals surface area contributed by atoms with Crippen LogP contribution in [0.2, 0.25) is 5.02 Å². The summed E-state index contributed by atoms with van der Waals surface area (Å²) in [6.07, 6.45) is 0. The fraction of sp³-hybridized carbons (Fsp3) is 0.500. The van der Waals surface area contributed by atoms with Gasteiger partial charge in [0.2, 0.25) is 5.91 Å². The van der Waals surface area contributed by atoms with Gasteiger partial charge < -0.3 is 10.2 Å². The van der Waals surface area contributed by atoms with Crippen LogP contribution in [0.5, 0.6) is 0 Å². The Balaban J connectivity index is 2.19. The van der Waals surface area contributed by atoms with Crippen LogP contribution in [0.15, 0.2) is 24.3 Å². The van der Waals surface area contributed by atoms with Crippen molar-refractivity contribution in [3.8, 4) is 0 Å². The molecule has 0 atom stereocenters. The van der Waals surface area contributed by atoms with Crippen LogP contribution in [0.4, 0.5) is 5.69 Å². The zero-order valence-corrected chi connectivity index (χ0v) is 13.1. The lowest BCUT2D eigenvalue weighted by Crippen LogP contribution is -2.26. The maximum atomic E-state index is 11.7. The van der Waals surface area contributed by atoms with E-state index in [9.17, 15) is 4.79 Å². The van der Waals surface area contributed by atoms with Gasteiger partial charge in [-0.15, -0.1) is 0 Å². The fourth-order valence-electron chi connectivity index (χ4n) is 1.63. The smallest absolute Gasteiger partial charge is 0.234 e. The lowest BCUT2D eigenvalue weighted by Gasteiger charge is -2.17. The molecule has 1 aromatic rings. The largest absolute Gasteiger partial charge is 0.325 e. The van der Waals surface area contributed by atoms with E-state index in [0.29, 0.717) is 10.8 Å². The molecule has 1 aromatic carbocycles. The first kappa shape index (κ1) is 16.3. The van der Waals surface area contributed by atoms with Crippen LogP contribution in [0.3, 0.4) is 0 Å². The summed E-state index contributed by atoms with van der Waals surface area (Å²) in [6.45, 7) is 7.47. The van der Waals surface area contributed by atoms with Crippen molar-refractivity contribution in [2.24, 2.45) is 0 Å². The highest BCUT2D eigenvalue weighted by atomic mass is 35.5. The monoisotopic (exact) mass is 300 g/mol. The van der Waals surface area contributed by atoms with Crippen LogP contribution in [0.1, 0.15) is 13.8 Å². The van der Waals surface area contributed by atoms with E-state index in [1.165, 1.54) is 0 Å². The number of hydrogen-bond donors (Lipinski definition) is 1. The van der Waals surface area contributed by atoms with Gasteiger partial charge in [-0.1, -0.05) is 25.4 Å². The molecule has 0 aliphatic heterocycles. The highest BCUT2D eigenvalue weighted by Crippen LogP contribution is 2.13. The van der Waals surface area contributed by atoms with Gasteiger partial charge in [0.25, 0.3) is 0 Å². The molecule has 0 aliphatic rings. The molecule has 106 valence electrons. The van der Waals surface area contributed by atoms with E-state index in [1.54, 1.807) is 36.0 Å². The molecule has 0 unspecified atom stereocenters. The summed E-state index contributed by atoms with van der Waals surface area (Å²) in [7, 11) is 0. The highest BCUT2D eigenvalue weighted by molar-refractivity contribution is 7.99. The van der Waals surface area contributed by atoms with Crippen LogP contribution in [0.25, 0.3) is 0 Å². The van der Waals surface area contributed by atoms with Gasteiger partial charge in [0.05, 0.1) is 5.75 Å². The van der Waals surface area contributed by atoms with E-state index in [2.05, 4.69) is 24.1 Å². The Labute approximate surface area is 124 Å². The summed E-state index contributed by atoms with van der Waals surface area (Å²) >= 11 is 7.45. The quantitative estimate of drug-likeness (QED) is 0.747. The van der Waals surface area contributed by atoms with Crippen LogP contribution < -0.4 is 5.32 Å². The standard InChI is InChI=1S/C14H21ClN2OS/c1-3-17(4-2)9-10-19-11-14(18)16-13-7-5-12(15)6-8-13/h5-8H,3-4,9-11H2,1-2H3,(H,16,18). The molecule has 0 fully saturated rings. The lowest BCUT2D eigenvalue weighted by atomic mass is 10.3. The van der Waals surface area contributed by atoms with Gasteiger partial charge in [-0.05, 0) is 37.4 Å². The van der Waals surface area contributed by atoms with Crippen LogP contribution in [0, 0.1) is 0 Å². The van der Waals surface area contributed by atoms with Gasteiger partial charge >= 0.3 is 0 Å². The Morgan fingerprint density at radius 1 is 1.26 bits per heavy atom. The molecular weight excluding hydrogens is 280 g/mol. The number of benzene rings is 1. The molecule has 0 saturated carbocycles. The average Bonchev–Trinajstić information content (AvgIpc) is 2.42. The molecule has 1 N–H and O–H groups in total. The molecule has 0 spiro atoms. The second kappa shape index (κ2) is 9.23. The van der Waals surface area contributed by atoms with Crippen molar-refractivity contribution < 1.29 is 4.79 Å². The number of carbonyl (C=O) groups is 1. The maximum Gasteiger partial charge on any atom is 0.234 e. The minimum absolute atomic E-state index is 0.0341. The molecule has 0 aromatic heterocycles. The van der Waals surface area contributed by atoms with Gasteiger partial charge in [0, 0.05) is 23.0 Å². The predicted octanol–water partition coefficient (Wildman–Crippen LogP) is 3.35. The Bertz CT molecular complexity index is 380. The fourth-order valence-corrected chi connectivity index (χ4v) is 2.54. The van der Waals surface area contributed by atoms with Crippen molar-refractivity contribution in [3.63, 3.8) is 0 Å². The number of carbonyl (C=O) groups excluding carboxylic acids is 1. The second-order valence-electron chi connectivity index (χ2n) is 4.13. The number of hydrogen-bond acceptors (Lipinski definition) is 3. The minimum atomic E-state index is 0.0341. The van der Waals surface area contributed by atoms with Crippen molar-refractivity contribution in [1.82, 2.24) is 4.90 Å². The highest BCUT2D eigenvalue weighted by Gasteiger charge is 2.04. The third kappa shape index (κ3) is 6.85. The number of amides is 1. The molecule has 1 rings (SSSR count). The SMILES string of the molecule is CCN(CC)CCSCC(=O)Nc1ccc(Cl)cc1. The first-order valence-electron chi connectivity index (χ1n) is 6.51. The molecule has 3 nitrogen and oxygen atoms in total. The zero-order valence-electron chi connectivity index (χ0n) is 11.5. The molecule has 19 heavy (non-hydrogen) atoms. The Morgan fingerprint density at radius 2 is 1.89 bits per heavy atom. The normalized spacial score (nSPS) is 10.7. The van der Waals surface area contributed by atoms with Crippen molar-refractivity contribution in [2.45, 2.75) is 13.8 Å². The Morgan fingerprint density at radius 3 is 2.47 bits per heavy atom. The van der Waals surface area contributed by atoms with E-state index >= 15 is 0 Å². The van der Waals surface area contributed by atoms with E-state index < -0.39 is 0 Å². The minimum Gasteiger partial charge on any atom is -0.325 e. The maximum absolute atomic E-state index is 11.7. The van der Waals surface area contributed by atoms with Crippen molar-refractivity contribution >= 4 is 35.0 Å². The van der Waals surface area contributed by atoms with Gasteiger partial charge in [0.15, 0.2) is 0 Å². The van der Waals surface area contributed by atoms with Gasteiger partial charge in [-0.2, -0.15) is 11.8 Å². The third-order valence-corrected chi connectivity index (χ3v) is 4.00. The number of nitrogens with one attached hydrogen (secondary N) is 1. The van der Waals surface area contributed by atoms with Gasteiger partial charge in [-0.25, -0.2) is 0 Å². The molecular formula is C14H21ClN2OS. The summed E-state index contributed by atoms with van der Waals surface area (Å²) in [6, 6.07) is 7.15. The first-order valence-corrected chi connectivity index (χ1v) is 8.04. The summed E-state index contributed by atoms with van der Waals surface area (Å²) in [4.78, 5) is 14.1. The lowest BCUT2D eigenvalue weighted by molar-refractivity contribution is -0.113. The predicted molar refractivity (Wildman–Crippen MR) is 85.2 cm³/mol. The van der Waals surface area contributed by atoms with Crippen LogP contribution >= 0.6 is 23.4 Å². The zero-order chi connectivity index (χ0) is 14.1. The number of nitrogens with zero attached hydrogens (tertiary/aromatic N) is 1. The first-order chi connectivity index (χ1) is 9.15. The summed E-state index contributed by atoms with van der Waals surface area (Å²) in [5.74, 6) is 1.51. The van der Waals surface area contributed by atoms with Gasteiger partial charge in [-0.3, -0.25) is 4.79 Å². The second-order valence-corrected chi connectivity index (χ2v) is 5.68. The molecule has 0 bridgehead atoms. The van der Waals surface area contributed by atoms with Crippen molar-refractivity contribution in [1.29, 1.82) is 0 Å². The Kier molecular flexibility index (Phi) is 7.94. The van der Waals surface area contributed by atoms with Crippen molar-refractivity contribution in [2.75, 3.05) is 36.5 Å². The molecule has 0 saturated heterocycles. The van der Waals surface area contributed by atoms with E-state index in [1.807, 2.05) is 0 Å². The Hall–Kier alpha value is -0.710. The number of halogens is 1. The summed E-state index contributed by atoms with van der Waals surface area (Å²) < 4.78 is 0. The molecule has 1 amide bonds. The average molecular weight is 301 g/mol. The third-order valence-electron chi connectivity index (χ3n) is 2.81. The molecule has 5 heteroatoms. The van der Waals surface area contributed by atoms with Crippen molar-refractivity contribution in [3.05, 3.63) is 29.3 Å². The summed E-state index contributed by atoms with van der Waals surface area (Å²) in [5, 5.41) is 3.53. The topological polar surface area (TPSA) is 32.3 Å². The molecule has 0 radical (unpaired) electrons. The van der Waals surface area contributed by atoms with Gasteiger partial charge in [0.1, 0.15) is 0 Å². The van der Waals surface area contributed by atoms with E-state index in [0.717, 1.165) is 31.1 Å². The van der Waals surface area contributed by atoms with E-state index in [4.69, 9.17) is 11.6 Å². The number of thioether (sulfide) groups is 1. The van der Waals surface area contributed by atoms with Crippen LogP contribution in [-0.4, -0.2) is 41.9 Å². The molecule has 0 heterocycles.